The van der Waals surface area contributed by atoms with Crippen LogP contribution in [0.1, 0.15) is 0 Å². The number of benzene rings is 1. The van der Waals surface area contributed by atoms with E-state index in [1.54, 1.807) is 0 Å². The molecule has 4 nitrogen and oxygen atoms in total. The summed E-state index contributed by atoms with van der Waals surface area (Å²) in [6.45, 7) is 1.66. The molecule has 1 saturated heterocycles. The lowest BCUT2D eigenvalue weighted by Gasteiger charge is -2.22. The Morgan fingerprint density at radius 3 is 2.71 bits per heavy atom. The zero-order chi connectivity index (χ0) is 11.4. The third-order valence-corrected chi connectivity index (χ3v) is 2.35. The summed E-state index contributed by atoms with van der Waals surface area (Å²) in [6, 6.07) is 5.33. The van der Waals surface area contributed by atoms with E-state index in [1.165, 1.54) is 24.3 Å². The van der Waals surface area contributed by atoms with Crippen LogP contribution in [0.5, 0.6) is 0 Å². The van der Waals surface area contributed by atoms with E-state index in [9.17, 15) is 9.18 Å². The fraction of sp³-hybridized carbons (Fsp3) is 0.364. The van der Waals surface area contributed by atoms with Crippen LogP contribution in [0.25, 0.3) is 0 Å². The average Bonchev–Trinajstić information content (AvgIpc) is 2.33. The van der Waals surface area contributed by atoms with Crippen molar-refractivity contribution in [3.63, 3.8) is 0 Å². The van der Waals surface area contributed by atoms with Crippen LogP contribution in [0.15, 0.2) is 24.3 Å². The Morgan fingerprint density at radius 2 is 2.12 bits per heavy atom. The normalized spacial score (nSPS) is 19.2. The summed E-state index contributed by atoms with van der Waals surface area (Å²) in [5.74, 6) is -0.483. The van der Waals surface area contributed by atoms with Crippen molar-refractivity contribution in [3.05, 3.63) is 30.1 Å². The molecule has 0 aromatic heterocycles. The maximum atomic E-state index is 12.6. The molecule has 1 aliphatic rings. The van der Waals surface area contributed by atoms with Crippen LogP contribution in [-0.4, -0.2) is 31.7 Å². The Kier molecular flexibility index (Phi) is 5.34. The summed E-state index contributed by atoms with van der Waals surface area (Å²) in [5, 5.41) is 5.73. The Labute approximate surface area is 105 Å². The summed E-state index contributed by atoms with van der Waals surface area (Å²) >= 11 is 0. The van der Waals surface area contributed by atoms with Gasteiger partial charge in [0.15, 0.2) is 0 Å². The van der Waals surface area contributed by atoms with Crippen molar-refractivity contribution in [1.82, 2.24) is 5.32 Å². The smallest absolute Gasteiger partial charge is 0.243 e. The predicted octanol–water partition coefficient (Wildman–Crippen LogP) is 1.17. The molecular formula is C11H14ClFN2O2. The molecule has 1 atom stereocenters. The van der Waals surface area contributed by atoms with E-state index in [1.807, 2.05) is 0 Å². The molecule has 0 radical (unpaired) electrons. The Morgan fingerprint density at radius 1 is 1.41 bits per heavy atom. The van der Waals surface area contributed by atoms with Gasteiger partial charge in [-0.3, -0.25) is 4.79 Å². The summed E-state index contributed by atoms with van der Waals surface area (Å²) in [7, 11) is 0. The lowest BCUT2D eigenvalue weighted by molar-refractivity contribution is -0.120. The van der Waals surface area contributed by atoms with E-state index >= 15 is 0 Å². The second-order valence-corrected chi connectivity index (χ2v) is 3.58. The Balaban J connectivity index is 0.00000144. The van der Waals surface area contributed by atoms with Gasteiger partial charge in [0.25, 0.3) is 0 Å². The molecule has 1 aliphatic heterocycles. The Hall–Kier alpha value is -1.17. The first-order valence-electron chi connectivity index (χ1n) is 5.13. The number of carbonyl (C=O) groups excluding carboxylic acids is 1. The van der Waals surface area contributed by atoms with Crippen molar-refractivity contribution in [2.75, 3.05) is 25.1 Å². The molecule has 0 aliphatic carbocycles. The molecule has 1 aromatic rings. The summed E-state index contributed by atoms with van der Waals surface area (Å²) in [6.07, 6.45) is 0. The number of hydrogen-bond acceptors (Lipinski definition) is 3. The van der Waals surface area contributed by atoms with Gasteiger partial charge in [-0.25, -0.2) is 4.39 Å². The topological polar surface area (TPSA) is 50.4 Å². The molecule has 1 unspecified atom stereocenters. The van der Waals surface area contributed by atoms with E-state index < -0.39 is 0 Å². The molecule has 0 bridgehead atoms. The fourth-order valence-electron chi connectivity index (χ4n) is 1.50. The summed E-state index contributed by atoms with van der Waals surface area (Å²) in [4.78, 5) is 11.7. The van der Waals surface area contributed by atoms with E-state index in [-0.39, 0.29) is 30.2 Å². The van der Waals surface area contributed by atoms with Crippen LogP contribution in [0.2, 0.25) is 0 Å². The number of rotatable bonds is 2. The lowest BCUT2D eigenvalue weighted by Crippen LogP contribution is -2.48. The molecule has 0 spiro atoms. The third kappa shape index (κ3) is 3.96. The first-order valence-corrected chi connectivity index (χ1v) is 5.13. The largest absolute Gasteiger partial charge is 0.378 e. The van der Waals surface area contributed by atoms with Crippen molar-refractivity contribution in [2.24, 2.45) is 0 Å². The van der Waals surface area contributed by atoms with Gasteiger partial charge < -0.3 is 15.4 Å². The van der Waals surface area contributed by atoms with Crippen LogP contribution in [0, 0.1) is 5.82 Å². The minimum atomic E-state index is -0.334. The zero-order valence-electron chi connectivity index (χ0n) is 9.11. The first kappa shape index (κ1) is 13.9. The zero-order valence-corrected chi connectivity index (χ0v) is 9.93. The van der Waals surface area contributed by atoms with Crippen molar-refractivity contribution in [3.8, 4) is 0 Å². The third-order valence-electron chi connectivity index (χ3n) is 2.35. The molecule has 6 heteroatoms. The summed E-state index contributed by atoms with van der Waals surface area (Å²) in [5.41, 5.74) is 0.582. The molecule has 2 rings (SSSR count). The second kappa shape index (κ2) is 6.54. The van der Waals surface area contributed by atoms with E-state index in [2.05, 4.69) is 10.6 Å². The minimum Gasteiger partial charge on any atom is -0.378 e. The van der Waals surface area contributed by atoms with Gasteiger partial charge in [0.05, 0.1) is 13.2 Å². The molecule has 2 N–H and O–H groups in total. The SMILES string of the molecule is Cl.O=C(Nc1ccc(F)cc1)C1COCCN1. The average molecular weight is 261 g/mol. The Bertz CT molecular complexity index is 366. The van der Waals surface area contributed by atoms with Gasteiger partial charge in [0.1, 0.15) is 11.9 Å². The van der Waals surface area contributed by atoms with Crippen LogP contribution in [-0.2, 0) is 9.53 Å². The van der Waals surface area contributed by atoms with Crippen molar-refractivity contribution < 1.29 is 13.9 Å². The lowest BCUT2D eigenvalue weighted by atomic mass is 10.2. The number of hydrogen-bond donors (Lipinski definition) is 2. The van der Waals surface area contributed by atoms with Gasteiger partial charge in [-0.15, -0.1) is 12.4 Å². The molecule has 1 aromatic carbocycles. The van der Waals surface area contributed by atoms with Crippen molar-refractivity contribution >= 4 is 24.0 Å². The molecule has 0 saturated carbocycles. The predicted molar refractivity (Wildman–Crippen MR) is 64.9 cm³/mol. The van der Waals surface area contributed by atoms with Crippen LogP contribution < -0.4 is 10.6 Å². The monoisotopic (exact) mass is 260 g/mol. The van der Waals surface area contributed by atoms with Gasteiger partial charge >= 0.3 is 0 Å². The van der Waals surface area contributed by atoms with Crippen LogP contribution in [0.3, 0.4) is 0 Å². The fourth-order valence-corrected chi connectivity index (χ4v) is 1.50. The van der Waals surface area contributed by atoms with Crippen LogP contribution >= 0.6 is 12.4 Å². The highest BCUT2D eigenvalue weighted by molar-refractivity contribution is 5.94. The second-order valence-electron chi connectivity index (χ2n) is 3.58. The standard InChI is InChI=1S/C11H13FN2O2.ClH/c12-8-1-3-9(4-2-8)14-11(15)10-7-16-6-5-13-10;/h1-4,10,13H,5-7H2,(H,14,15);1H. The van der Waals surface area contributed by atoms with Gasteiger partial charge in [-0.05, 0) is 24.3 Å². The molecule has 1 fully saturated rings. The summed E-state index contributed by atoms with van der Waals surface area (Å²) < 4.78 is 17.8. The van der Waals surface area contributed by atoms with Gasteiger partial charge in [-0.2, -0.15) is 0 Å². The quantitative estimate of drug-likeness (QED) is 0.839. The van der Waals surface area contributed by atoms with Crippen molar-refractivity contribution in [1.29, 1.82) is 0 Å². The number of amides is 1. The molecule has 1 amide bonds. The molecule has 94 valence electrons. The molecule has 1 heterocycles. The number of nitrogens with one attached hydrogen (secondary N) is 2. The first-order chi connectivity index (χ1) is 7.75. The number of anilines is 1. The molecule has 17 heavy (non-hydrogen) atoms. The van der Waals surface area contributed by atoms with E-state index in [4.69, 9.17) is 4.74 Å². The number of halogens is 2. The highest BCUT2D eigenvalue weighted by Crippen LogP contribution is 2.09. The van der Waals surface area contributed by atoms with Crippen LogP contribution in [0.4, 0.5) is 10.1 Å². The number of morpholine rings is 1. The van der Waals surface area contributed by atoms with E-state index in [0.717, 1.165) is 0 Å². The van der Waals surface area contributed by atoms with Gasteiger partial charge in [0, 0.05) is 12.2 Å². The maximum Gasteiger partial charge on any atom is 0.243 e. The minimum absolute atomic E-state index is 0. The number of carbonyl (C=O) groups is 1. The highest BCUT2D eigenvalue weighted by Gasteiger charge is 2.20. The number of ether oxygens (including phenoxy) is 1. The highest BCUT2D eigenvalue weighted by atomic mass is 35.5. The maximum absolute atomic E-state index is 12.6. The van der Waals surface area contributed by atoms with Gasteiger partial charge in [0.2, 0.25) is 5.91 Å². The van der Waals surface area contributed by atoms with E-state index in [0.29, 0.717) is 25.4 Å². The van der Waals surface area contributed by atoms with Gasteiger partial charge in [-0.1, -0.05) is 0 Å². The van der Waals surface area contributed by atoms with Crippen molar-refractivity contribution in [2.45, 2.75) is 6.04 Å². The molecular weight excluding hydrogens is 247 g/mol.